The van der Waals surface area contributed by atoms with Crippen LogP contribution >= 0.6 is 11.6 Å². The van der Waals surface area contributed by atoms with E-state index in [9.17, 15) is 0 Å². The zero-order valence-electron chi connectivity index (χ0n) is 9.64. The molecule has 5 heteroatoms. The normalized spacial score (nSPS) is 10.3. The SMILES string of the molecule is CCc1cc(Oc2ccc(Cl)nc2)nc(C)n1. The summed E-state index contributed by atoms with van der Waals surface area (Å²) in [5, 5.41) is 0.436. The molecule has 2 aromatic rings. The number of hydrogen-bond donors (Lipinski definition) is 0. The molecule has 0 radical (unpaired) electrons. The molecular weight excluding hydrogens is 238 g/mol. The fourth-order valence-electron chi connectivity index (χ4n) is 1.38. The second-order valence-electron chi connectivity index (χ2n) is 3.52. The van der Waals surface area contributed by atoms with Crippen LogP contribution in [0.4, 0.5) is 0 Å². The van der Waals surface area contributed by atoms with Crippen molar-refractivity contribution in [3.8, 4) is 11.6 Å². The molecule has 0 fully saturated rings. The highest BCUT2D eigenvalue weighted by Crippen LogP contribution is 2.20. The van der Waals surface area contributed by atoms with Crippen molar-refractivity contribution in [3.63, 3.8) is 0 Å². The van der Waals surface area contributed by atoms with Crippen molar-refractivity contribution >= 4 is 11.6 Å². The summed E-state index contributed by atoms with van der Waals surface area (Å²) < 4.78 is 5.58. The molecule has 88 valence electrons. The zero-order chi connectivity index (χ0) is 12.3. The average Bonchev–Trinajstić information content (AvgIpc) is 2.31. The number of halogens is 1. The first kappa shape index (κ1) is 11.8. The minimum Gasteiger partial charge on any atom is -0.437 e. The maximum absolute atomic E-state index is 5.70. The molecule has 0 saturated heterocycles. The Balaban J connectivity index is 2.23. The Bertz CT molecular complexity index is 514. The molecule has 0 aromatic carbocycles. The van der Waals surface area contributed by atoms with Gasteiger partial charge in [-0.15, -0.1) is 0 Å². The Morgan fingerprint density at radius 3 is 2.76 bits per heavy atom. The molecule has 0 amide bonds. The van der Waals surface area contributed by atoms with Crippen molar-refractivity contribution in [2.24, 2.45) is 0 Å². The van der Waals surface area contributed by atoms with Gasteiger partial charge < -0.3 is 4.74 Å². The minimum absolute atomic E-state index is 0.436. The Kier molecular flexibility index (Phi) is 3.54. The van der Waals surface area contributed by atoms with Crippen molar-refractivity contribution in [1.29, 1.82) is 0 Å². The molecular formula is C12H12ClN3O. The molecule has 0 saturated carbocycles. The van der Waals surface area contributed by atoms with Crippen LogP contribution in [0.5, 0.6) is 11.6 Å². The third kappa shape index (κ3) is 3.14. The monoisotopic (exact) mass is 249 g/mol. The molecule has 2 heterocycles. The van der Waals surface area contributed by atoms with E-state index in [0.717, 1.165) is 12.1 Å². The number of hydrogen-bond acceptors (Lipinski definition) is 4. The van der Waals surface area contributed by atoms with Crippen molar-refractivity contribution in [3.05, 3.63) is 41.1 Å². The molecule has 0 aliphatic carbocycles. The molecule has 2 rings (SSSR count). The predicted octanol–water partition coefficient (Wildman–Crippen LogP) is 3.19. The first-order chi connectivity index (χ1) is 8.17. The lowest BCUT2D eigenvalue weighted by Crippen LogP contribution is -1.97. The molecule has 2 aromatic heterocycles. The number of aromatic nitrogens is 3. The second-order valence-corrected chi connectivity index (χ2v) is 3.90. The van der Waals surface area contributed by atoms with Crippen molar-refractivity contribution in [2.45, 2.75) is 20.3 Å². The molecule has 4 nitrogen and oxygen atoms in total. The zero-order valence-corrected chi connectivity index (χ0v) is 10.4. The van der Waals surface area contributed by atoms with Gasteiger partial charge in [0.2, 0.25) is 5.88 Å². The maximum Gasteiger partial charge on any atom is 0.222 e. The van der Waals surface area contributed by atoms with Crippen LogP contribution in [0.1, 0.15) is 18.4 Å². The lowest BCUT2D eigenvalue weighted by atomic mass is 10.3. The largest absolute Gasteiger partial charge is 0.437 e. The van der Waals surface area contributed by atoms with E-state index in [2.05, 4.69) is 15.0 Å². The Morgan fingerprint density at radius 2 is 2.12 bits per heavy atom. The molecule has 0 N–H and O–H groups in total. The van der Waals surface area contributed by atoms with E-state index in [-0.39, 0.29) is 0 Å². The van der Waals surface area contributed by atoms with Crippen molar-refractivity contribution in [2.75, 3.05) is 0 Å². The van der Waals surface area contributed by atoms with Gasteiger partial charge in [0.05, 0.1) is 6.20 Å². The summed E-state index contributed by atoms with van der Waals surface area (Å²) in [5.74, 6) is 1.83. The van der Waals surface area contributed by atoms with Crippen molar-refractivity contribution in [1.82, 2.24) is 15.0 Å². The summed E-state index contributed by atoms with van der Waals surface area (Å²) >= 11 is 5.70. The van der Waals surface area contributed by atoms with Crippen LogP contribution in [0.25, 0.3) is 0 Å². The molecule has 17 heavy (non-hydrogen) atoms. The lowest BCUT2D eigenvalue weighted by Gasteiger charge is -2.06. The van der Waals surface area contributed by atoms with Gasteiger partial charge in [0.1, 0.15) is 16.7 Å². The number of ether oxygens (including phenoxy) is 1. The van der Waals surface area contributed by atoms with Gasteiger partial charge in [-0.25, -0.2) is 9.97 Å². The fraction of sp³-hybridized carbons (Fsp3) is 0.250. The van der Waals surface area contributed by atoms with E-state index in [1.807, 2.05) is 19.9 Å². The summed E-state index contributed by atoms with van der Waals surface area (Å²) in [6.45, 7) is 3.88. The minimum atomic E-state index is 0.436. The van der Waals surface area contributed by atoms with Crippen LogP contribution in [0, 0.1) is 6.92 Å². The Hall–Kier alpha value is -1.68. The van der Waals surface area contributed by atoms with Crippen LogP contribution in [0.3, 0.4) is 0 Å². The van der Waals surface area contributed by atoms with E-state index < -0.39 is 0 Å². The highest BCUT2D eigenvalue weighted by Gasteiger charge is 2.03. The van der Waals surface area contributed by atoms with Crippen molar-refractivity contribution < 1.29 is 4.74 Å². The van der Waals surface area contributed by atoms with Crippen LogP contribution in [-0.2, 0) is 6.42 Å². The quantitative estimate of drug-likeness (QED) is 0.784. The first-order valence-electron chi connectivity index (χ1n) is 5.31. The molecule has 0 aliphatic heterocycles. The van der Waals surface area contributed by atoms with Gasteiger partial charge in [0.15, 0.2) is 0 Å². The van der Waals surface area contributed by atoms with Crippen LogP contribution < -0.4 is 4.74 Å². The van der Waals surface area contributed by atoms with Gasteiger partial charge in [-0.2, -0.15) is 4.98 Å². The van der Waals surface area contributed by atoms with Crippen LogP contribution in [0.2, 0.25) is 5.15 Å². The standard InChI is InChI=1S/C12H12ClN3O/c1-3-9-6-12(16-8(2)15-9)17-10-4-5-11(13)14-7-10/h4-7H,3H2,1-2H3. The Labute approximate surface area is 105 Å². The molecule has 0 atom stereocenters. The van der Waals surface area contributed by atoms with E-state index in [1.54, 1.807) is 18.3 Å². The topological polar surface area (TPSA) is 47.9 Å². The summed E-state index contributed by atoms with van der Waals surface area (Å²) in [6.07, 6.45) is 2.41. The van der Waals surface area contributed by atoms with E-state index in [4.69, 9.17) is 16.3 Å². The highest BCUT2D eigenvalue weighted by molar-refractivity contribution is 6.29. The summed E-state index contributed by atoms with van der Waals surface area (Å²) in [6, 6.07) is 5.24. The van der Waals surface area contributed by atoms with Crippen LogP contribution in [0.15, 0.2) is 24.4 Å². The first-order valence-corrected chi connectivity index (χ1v) is 5.69. The van der Waals surface area contributed by atoms with Gasteiger partial charge in [0.25, 0.3) is 0 Å². The van der Waals surface area contributed by atoms with E-state index in [1.165, 1.54) is 0 Å². The second kappa shape index (κ2) is 5.10. The number of nitrogens with zero attached hydrogens (tertiary/aromatic N) is 3. The van der Waals surface area contributed by atoms with Gasteiger partial charge in [-0.3, -0.25) is 0 Å². The van der Waals surface area contributed by atoms with Gasteiger partial charge >= 0.3 is 0 Å². The number of aryl methyl sites for hydroxylation is 2. The summed E-state index contributed by atoms with van der Waals surface area (Å²) in [5.41, 5.74) is 0.953. The molecule has 0 aliphatic rings. The van der Waals surface area contributed by atoms with Gasteiger partial charge in [-0.1, -0.05) is 18.5 Å². The molecule has 0 bridgehead atoms. The van der Waals surface area contributed by atoms with Gasteiger partial charge in [-0.05, 0) is 25.5 Å². The fourth-order valence-corrected chi connectivity index (χ4v) is 1.49. The maximum atomic E-state index is 5.70. The lowest BCUT2D eigenvalue weighted by molar-refractivity contribution is 0.456. The summed E-state index contributed by atoms with van der Waals surface area (Å²) in [7, 11) is 0. The average molecular weight is 250 g/mol. The Morgan fingerprint density at radius 1 is 1.29 bits per heavy atom. The third-order valence-electron chi connectivity index (χ3n) is 2.15. The number of rotatable bonds is 3. The third-order valence-corrected chi connectivity index (χ3v) is 2.38. The van der Waals surface area contributed by atoms with E-state index in [0.29, 0.717) is 22.6 Å². The number of pyridine rings is 1. The van der Waals surface area contributed by atoms with E-state index >= 15 is 0 Å². The summed E-state index contributed by atoms with van der Waals surface area (Å²) in [4.78, 5) is 12.4. The van der Waals surface area contributed by atoms with Crippen LogP contribution in [-0.4, -0.2) is 15.0 Å². The smallest absolute Gasteiger partial charge is 0.222 e. The molecule has 0 unspecified atom stereocenters. The van der Waals surface area contributed by atoms with Gasteiger partial charge in [0, 0.05) is 11.8 Å². The highest BCUT2D eigenvalue weighted by atomic mass is 35.5. The predicted molar refractivity (Wildman–Crippen MR) is 65.5 cm³/mol. The molecule has 0 spiro atoms.